The number of carbonyl (C=O) groups excluding carboxylic acids is 1. The van der Waals surface area contributed by atoms with E-state index in [1.54, 1.807) is 0 Å². The van der Waals surface area contributed by atoms with Gasteiger partial charge in [-0.05, 0) is 60.1 Å². The molecule has 2 heterocycles. The number of benzene rings is 2. The molecule has 5 heteroatoms. The normalized spacial score (nSPS) is 13.6. The summed E-state index contributed by atoms with van der Waals surface area (Å²) >= 11 is 0. The predicted molar refractivity (Wildman–Crippen MR) is 171 cm³/mol. The molecule has 0 saturated heterocycles. The third-order valence-corrected chi connectivity index (χ3v) is 8.79. The summed E-state index contributed by atoms with van der Waals surface area (Å²) in [6.45, 7) is 17.1. The first-order valence-corrected chi connectivity index (χ1v) is 15.3. The van der Waals surface area contributed by atoms with Crippen LogP contribution in [0.1, 0.15) is 104 Å². The number of allylic oxidation sites excluding steroid dienone is 2. The van der Waals surface area contributed by atoms with E-state index in [0.717, 1.165) is 53.5 Å². The van der Waals surface area contributed by atoms with Crippen molar-refractivity contribution in [3.05, 3.63) is 83.4 Å². The zero-order valence-corrected chi connectivity index (χ0v) is 28.7. The molecule has 42 heavy (non-hydrogen) atoms. The molecule has 1 radical (unpaired) electrons. The molecule has 0 atom stereocenters. The third-order valence-electron chi connectivity index (χ3n) is 8.79. The molecule has 0 bridgehead atoms. The smallest absolute Gasteiger partial charge is 0.162 e. The summed E-state index contributed by atoms with van der Waals surface area (Å²) in [6.07, 6.45) is 6.78. The molecule has 1 aliphatic rings. The number of hydrogen-bond donors (Lipinski definition) is 1. The molecule has 2 aromatic carbocycles. The van der Waals surface area contributed by atoms with Crippen LogP contribution in [0.15, 0.2) is 60.5 Å². The summed E-state index contributed by atoms with van der Waals surface area (Å²) in [6, 6.07) is 18.7. The Bertz CT molecular complexity index is 1580. The van der Waals surface area contributed by atoms with Crippen molar-refractivity contribution >= 4 is 27.5 Å². The van der Waals surface area contributed by atoms with Crippen molar-refractivity contribution in [1.29, 1.82) is 0 Å². The Hall–Kier alpha value is -2.88. The quantitative estimate of drug-likeness (QED) is 0.111. The maximum Gasteiger partial charge on any atom is 0.162 e. The van der Waals surface area contributed by atoms with Crippen LogP contribution >= 0.6 is 0 Å². The van der Waals surface area contributed by atoms with E-state index < -0.39 is 0 Å². The second kappa shape index (κ2) is 14.1. The summed E-state index contributed by atoms with van der Waals surface area (Å²) in [7, 11) is 0. The fourth-order valence-electron chi connectivity index (χ4n) is 5.95. The van der Waals surface area contributed by atoms with E-state index in [2.05, 4.69) is 70.2 Å². The Morgan fingerprint density at radius 2 is 1.60 bits per heavy atom. The van der Waals surface area contributed by atoms with Crippen molar-refractivity contribution in [2.45, 2.75) is 92.4 Å². The van der Waals surface area contributed by atoms with Crippen molar-refractivity contribution in [2.24, 2.45) is 11.8 Å². The van der Waals surface area contributed by atoms with Crippen LogP contribution in [0.25, 0.3) is 32.9 Å². The zero-order valence-electron chi connectivity index (χ0n) is 26.3. The van der Waals surface area contributed by atoms with Gasteiger partial charge in [0, 0.05) is 55.6 Å². The van der Waals surface area contributed by atoms with E-state index in [4.69, 9.17) is 9.97 Å². The Kier molecular flexibility index (Phi) is 11.3. The third kappa shape index (κ3) is 6.53. The molecule has 1 N–H and O–H groups in total. The van der Waals surface area contributed by atoms with Crippen LogP contribution < -0.4 is 0 Å². The van der Waals surface area contributed by atoms with Crippen molar-refractivity contribution in [1.82, 2.24) is 9.97 Å². The molecular weight excluding hydrogens is 697 g/mol. The van der Waals surface area contributed by atoms with Crippen molar-refractivity contribution in [2.75, 3.05) is 0 Å². The van der Waals surface area contributed by atoms with E-state index in [9.17, 15) is 9.90 Å². The maximum atomic E-state index is 11.7. The van der Waals surface area contributed by atoms with Crippen LogP contribution in [-0.4, -0.2) is 20.9 Å². The van der Waals surface area contributed by atoms with Crippen LogP contribution in [0.5, 0.6) is 0 Å². The minimum Gasteiger partial charge on any atom is -0.512 e. The summed E-state index contributed by atoms with van der Waals surface area (Å²) < 4.78 is 0. The zero-order chi connectivity index (χ0) is 29.9. The SMILES string of the molecule is CC(C)c1cc2c3c(nccc3n1)-c1[c-]c3ccccc3cc1C2(C)C.CCC(CC)C(=O)/C=C(\O)C(CC)CC.[Ir]. The molecule has 0 saturated carbocycles. The number of nitrogens with zero attached hydrogens (tertiary/aromatic N) is 2. The average Bonchev–Trinajstić information content (AvgIpc) is 2.96. The number of rotatable bonds is 8. The van der Waals surface area contributed by atoms with Gasteiger partial charge >= 0.3 is 0 Å². The number of hydrogen-bond acceptors (Lipinski definition) is 4. The Morgan fingerprint density at radius 1 is 0.952 bits per heavy atom. The van der Waals surface area contributed by atoms with E-state index in [-0.39, 0.29) is 48.9 Å². The van der Waals surface area contributed by atoms with Crippen LogP contribution in [0, 0.1) is 17.9 Å². The van der Waals surface area contributed by atoms with Gasteiger partial charge in [0.2, 0.25) is 0 Å². The number of pyridine rings is 2. The number of aliphatic hydroxyl groups is 1. The first-order valence-electron chi connectivity index (χ1n) is 15.3. The number of aliphatic hydroxyl groups excluding tert-OH is 1. The van der Waals surface area contributed by atoms with Crippen LogP contribution in [0.2, 0.25) is 0 Å². The minimum absolute atomic E-state index is 0. The second-order valence-corrected chi connectivity index (χ2v) is 12.1. The molecule has 2 aromatic heterocycles. The predicted octanol–water partition coefficient (Wildman–Crippen LogP) is 9.88. The summed E-state index contributed by atoms with van der Waals surface area (Å²) in [5.74, 6) is 0.943. The topological polar surface area (TPSA) is 63.1 Å². The van der Waals surface area contributed by atoms with Gasteiger partial charge in [0.15, 0.2) is 5.78 Å². The molecule has 4 nitrogen and oxygen atoms in total. The first-order chi connectivity index (χ1) is 19.6. The molecule has 5 rings (SSSR count). The average molecular weight is 742 g/mol. The first kappa shape index (κ1) is 33.6. The van der Waals surface area contributed by atoms with Crippen molar-refractivity contribution in [3.8, 4) is 11.3 Å². The van der Waals surface area contributed by atoms with Gasteiger partial charge in [0.05, 0.1) is 11.3 Å². The fraction of sp³-hybridized carbons (Fsp3) is 0.432. The molecule has 0 aliphatic heterocycles. The molecular formula is C37H45IrN2O2-. The van der Waals surface area contributed by atoms with Gasteiger partial charge in [0.25, 0.3) is 0 Å². The van der Waals surface area contributed by atoms with E-state index >= 15 is 0 Å². The molecule has 0 unspecified atom stereocenters. The van der Waals surface area contributed by atoms with Crippen molar-refractivity contribution in [3.63, 3.8) is 0 Å². The Balaban J connectivity index is 0.000000263. The van der Waals surface area contributed by atoms with Gasteiger partial charge in [-0.1, -0.05) is 90.1 Å². The molecule has 0 spiro atoms. The Morgan fingerprint density at radius 3 is 2.21 bits per heavy atom. The molecule has 225 valence electrons. The van der Waals surface area contributed by atoms with E-state index in [1.807, 2.05) is 40.0 Å². The van der Waals surface area contributed by atoms with Gasteiger partial charge in [-0.25, -0.2) is 0 Å². The minimum atomic E-state index is -0.114. The van der Waals surface area contributed by atoms with Gasteiger partial charge in [-0.15, -0.1) is 23.6 Å². The van der Waals surface area contributed by atoms with E-state index in [0.29, 0.717) is 5.92 Å². The number of aromatic nitrogens is 2. The number of fused-ring (bicyclic) bond motifs is 3. The van der Waals surface area contributed by atoms with Crippen LogP contribution in [0.4, 0.5) is 0 Å². The van der Waals surface area contributed by atoms with Gasteiger partial charge in [0.1, 0.15) is 0 Å². The van der Waals surface area contributed by atoms with Gasteiger partial charge in [-0.3, -0.25) is 14.8 Å². The summed E-state index contributed by atoms with van der Waals surface area (Å²) in [5.41, 5.74) is 6.82. The molecule has 1 aliphatic carbocycles. The number of carbonyl (C=O) groups is 1. The second-order valence-electron chi connectivity index (χ2n) is 12.1. The van der Waals surface area contributed by atoms with E-state index in [1.165, 1.54) is 28.0 Å². The van der Waals surface area contributed by atoms with Crippen LogP contribution in [-0.2, 0) is 30.3 Å². The number of ketones is 1. The van der Waals surface area contributed by atoms with Crippen molar-refractivity contribution < 1.29 is 30.0 Å². The Labute approximate surface area is 265 Å². The molecule has 0 amide bonds. The largest absolute Gasteiger partial charge is 0.512 e. The standard InChI is InChI=1S/C24H21N2.C13H24O2.Ir/c1-14(2)21-13-19-22-20(26-21)9-10-25-23(22)17-11-15-7-5-6-8-16(15)12-18(17)24(19,3)4;1-5-10(6-2)12(14)9-13(15)11(7-3)8-4;/h5-10,12-14H,1-4H3;9-11,14H,5-8H2,1-4H3;/q-1;;/b;12-9-;. The van der Waals surface area contributed by atoms with Gasteiger partial charge < -0.3 is 5.11 Å². The fourth-order valence-corrected chi connectivity index (χ4v) is 5.95. The molecule has 0 fully saturated rings. The summed E-state index contributed by atoms with van der Waals surface area (Å²) in [4.78, 5) is 21.4. The maximum absolute atomic E-state index is 11.7. The summed E-state index contributed by atoms with van der Waals surface area (Å²) in [5, 5.41) is 13.3. The molecule has 4 aromatic rings. The van der Waals surface area contributed by atoms with Gasteiger partial charge in [-0.2, -0.15) is 0 Å². The monoisotopic (exact) mass is 742 g/mol. The van der Waals surface area contributed by atoms with Crippen LogP contribution in [0.3, 0.4) is 0 Å².